The maximum atomic E-state index is 13.1. The highest BCUT2D eigenvalue weighted by atomic mass is 32.2. The maximum absolute atomic E-state index is 13.1. The summed E-state index contributed by atoms with van der Waals surface area (Å²) in [6.45, 7) is 0. The molecule has 21 heavy (non-hydrogen) atoms. The molecule has 8 heteroatoms. The van der Waals surface area contributed by atoms with E-state index in [0.717, 1.165) is 12.3 Å². The van der Waals surface area contributed by atoms with Crippen LogP contribution in [0.25, 0.3) is 11.0 Å². The van der Waals surface area contributed by atoms with E-state index in [9.17, 15) is 12.8 Å². The zero-order chi connectivity index (χ0) is 15.0. The van der Waals surface area contributed by atoms with E-state index in [1.807, 2.05) is 0 Å². The Bertz CT molecular complexity index is 921. The van der Waals surface area contributed by atoms with E-state index < -0.39 is 15.7 Å². The number of nitrogens with one attached hydrogen (secondary N) is 1. The zero-order valence-electron chi connectivity index (χ0n) is 10.7. The number of aromatic amines is 1. The van der Waals surface area contributed by atoms with Crippen molar-refractivity contribution in [3.8, 4) is 0 Å². The summed E-state index contributed by atoms with van der Waals surface area (Å²) < 4.78 is 37.6. The number of fused-ring (bicyclic) bond motifs is 1. The lowest BCUT2D eigenvalue weighted by atomic mass is 10.3. The van der Waals surface area contributed by atoms with Crippen LogP contribution in [0.1, 0.15) is 5.56 Å². The van der Waals surface area contributed by atoms with Crippen molar-refractivity contribution >= 4 is 26.6 Å². The van der Waals surface area contributed by atoms with Crippen LogP contribution in [-0.4, -0.2) is 23.4 Å². The van der Waals surface area contributed by atoms with Crippen LogP contribution in [0.3, 0.4) is 0 Å². The molecular formula is C13H11FN4O2S. The monoisotopic (exact) mass is 306 g/mol. The largest absolute Gasteiger partial charge is 0.399 e. The number of pyridine rings is 1. The number of hydrogen-bond donors (Lipinski definition) is 2. The normalized spacial score (nSPS) is 11.9. The third kappa shape index (κ3) is 2.70. The Morgan fingerprint density at radius 2 is 2.05 bits per heavy atom. The second kappa shape index (κ2) is 4.81. The molecule has 0 bridgehead atoms. The average Bonchev–Trinajstić information content (AvgIpc) is 2.82. The van der Waals surface area contributed by atoms with Gasteiger partial charge >= 0.3 is 0 Å². The molecule has 0 aliphatic rings. The Morgan fingerprint density at radius 1 is 1.24 bits per heavy atom. The number of rotatable bonds is 3. The number of sulfone groups is 1. The number of H-pyrrole nitrogens is 1. The summed E-state index contributed by atoms with van der Waals surface area (Å²) in [5.41, 5.74) is 7.43. The molecule has 0 spiro atoms. The van der Waals surface area contributed by atoms with Crippen molar-refractivity contribution in [2.45, 2.75) is 10.9 Å². The van der Waals surface area contributed by atoms with Gasteiger partial charge in [-0.3, -0.25) is 4.98 Å². The van der Waals surface area contributed by atoms with Crippen molar-refractivity contribution < 1.29 is 12.8 Å². The topological polar surface area (TPSA) is 102 Å². The van der Waals surface area contributed by atoms with Gasteiger partial charge in [-0.25, -0.2) is 17.8 Å². The van der Waals surface area contributed by atoms with Gasteiger partial charge in [0.05, 0.1) is 23.0 Å². The zero-order valence-corrected chi connectivity index (χ0v) is 11.6. The van der Waals surface area contributed by atoms with Crippen LogP contribution in [-0.2, 0) is 15.6 Å². The summed E-state index contributed by atoms with van der Waals surface area (Å²) in [6.07, 6.45) is 2.32. The van der Waals surface area contributed by atoms with E-state index in [1.54, 1.807) is 18.2 Å². The first kappa shape index (κ1) is 13.5. The van der Waals surface area contributed by atoms with Gasteiger partial charge in [-0.05, 0) is 29.8 Å². The molecule has 1 aromatic carbocycles. The van der Waals surface area contributed by atoms with Gasteiger partial charge in [-0.2, -0.15) is 0 Å². The Labute approximate surface area is 119 Å². The van der Waals surface area contributed by atoms with Crippen molar-refractivity contribution in [1.29, 1.82) is 0 Å². The third-order valence-electron chi connectivity index (χ3n) is 2.90. The number of halogens is 1. The number of nitrogens with two attached hydrogens (primary N) is 1. The van der Waals surface area contributed by atoms with E-state index in [2.05, 4.69) is 15.0 Å². The smallest absolute Gasteiger partial charge is 0.226 e. The number of anilines is 1. The van der Waals surface area contributed by atoms with E-state index >= 15 is 0 Å². The summed E-state index contributed by atoms with van der Waals surface area (Å²) in [6, 6.07) is 6.00. The molecule has 3 aromatic rings. The summed E-state index contributed by atoms with van der Waals surface area (Å²) >= 11 is 0. The lowest BCUT2D eigenvalue weighted by Gasteiger charge is -2.01. The maximum Gasteiger partial charge on any atom is 0.226 e. The van der Waals surface area contributed by atoms with Gasteiger partial charge in [0.1, 0.15) is 5.82 Å². The van der Waals surface area contributed by atoms with Crippen LogP contribution in [0.15, 0.2) is 41.8 Å². The minimum absolute atomic E-state index is 0.174. The number of benzene rings is 1. The summed E-state index contributed by atoms with van der Waals surface area (Å²) in [5.74, 6) is -0.965. The minimum Gasteiger partial charge on any atom is -0.399 e. The molecule has 0 saturated carbocycles. The number of hydrogen-bond acceptors (Lipinski definition) is 5. The van der Waals surface area contributed by atoms with Gasteiger partial charge in [0.25, 0.3) is 0 Å². The highest BCUT2D eigenvalue weighted by molar-refractivity contribution is 7.90. The molecule has 0 fully saturated rings. The lowest BCUT2D eigenvalue weighted by molar-refractivity contribution is 0.587. The molecular weight excluding hydrogens is 295 g/mol. The Morgan fingerprint density at radius 3 is 2.81 bits per heavy atom. The molecule has 0 unspecified atom stereocenters. The third-order valence-corrected chi connectivity index (χ3v) is 4.39. The van der Waals surface area contributed by atoms with Gasteiger partial charge < -0.3 is 10.7 Å². The molecule has 0 aliphatic heterocycles. The predicted molar refractivity (Wildman–Crippen MR) is 75.6 cm³/mol. The van der Waals surface area contributed by atoms with E-state index in [4.69, 9.17) is 5.73 Å². The lowest BCUT2D eigenvalue weighted by Crippen LogP contribution is -2.07. The highest BCUT2D eigenvalue weighted by Crippen LogP contribution is 2.20. The van der Waals surface area contributed by atoms with E-state index in [1.165, 1.54) is 6.20 Å². The Hall–Kier alpha value is -2.48. The highest BCUT2D eigenvalue weighted by Gasteiger charge is 2.20. The molecule has 0 saturated heterocycles. The van der Waals surface area contributed by atoms with E-state index in [0.29, 0.717) is 16.7 Å². The van der Waals surface area contributed by atoms with Crippen molar-refractivity contribution in [2.75, 3.05) is 5.73 Å². The minimum atomic E-state index is -3.72. The fraction of sp³-hybridized carbons (Fsp3) is 0.0769. The first-order chi connectivity index (χ1) is 9.94. The number of aromatic nitrogens is 3. The van der Waals surface area contributed by atoms with Gasteiger partial charge in [-0.1, -0.05) is 0 Å². The summed E-state index contributed by atoms with van der Waals surface area (Å²) in [7, 11) is -3.72. The van der Waals surface area contributed by atoms with Gasteiger partial charge in [0.15, 0.2) is 0 Å². The quantitative estimate of drug-likeness (QED) is 0.716. The SMILES string of the molecule is Nc1ccc2nc(S(=O)(=O)Cc3cncc(F)c3)[nH]c2c1. The van der Waals surface area contributed by atoms with Gasteiger partial charge in [0, 0.05) is 11.9 Å². The second-order valence-corrected chi connectivity index (χ2v) is 6.49. The first-order valence-electron chi connectivity index (χ1n) is 6.01. The molecule has 3 N–H and O–H groups in total. The predicted octanol–water partition coefficient (Wildman–Crippen LogP) is 1.65. The van der Waals surface area contributed by atoms with Crippen LogP contribution in [0, 0.1) is 5.82 Å². The molecule has 2 heterocycles. The van der Waals surface area contributed by atoms with Crippen LogP contribution in [0.5, 0.6) is 0 Å². The van der Waals surface area contributed by atoms with Gasteiger partial charge in [0.2, 0.25) is 15.0 Å². The fourth-order valence-electron chi connectivity index (χ4n) is 1.97. The molecule has 0 amide bonds. The van der Waals surface area contributed by atoms with Crippen LogP contribution in [0.4, 0.5) is 10.1 Å². The number of nitrogens with zero attached hydrogens (tertiary/aromatic N) is 2. The van der Waals surface area contributed by atoms with Crippen molar-refractivity contribution in [2.24, 2.45) is 0 Å². The fourth-order valence-corrected chi connectivity index (χ4v) is 3.21. The number of imidazole rings is 1. The molecule has 0 atom stereocenters. The molecule has 108 valence electrons. The van der Waals surface area contributed by atoms with Crippen molar-refractivity contribution in [1.82, 2.24) is 15.0 Å². The average molecular weight is 306 g/mol. The molecule has 6 nitrogen and oxygen atoms in total. The standard InChI is InChI=1S/C13H11FN4O2S/c14-9-3-8(5-16-6-9)7-21(19,20)13-17-11-2-1-10(15)4-12(11)18-13/h1-6H,7,15H2,(H,17,18). The summed E-state index contributed by atoms with van der Waals surface area (Å²) in [5, 5.41) is -0.174. The van der Waals surface area contributed by atoms with Crippen LogP contribution in [0.2, 0.25) is 0 Å². The van der Waals surface area contributed by atoms with Crippen LogP contribution >= 0.6 is 0 Å². The number of nitrogen functional groups attached to an aromatic ring is 1. The Kier molecular flexibility index (Phi) is 3.09. The second-order valence-electron chi connectivity index (χ2n) is 4.59. The van der Waals surface area contributed by atoms with Crippen molar-refractivity contribution in [3.63, 3.8) is 0 Å². The molecule has 2 aromatic heterocycles. The first-order valence-corrected chi connectivity index (χ1v) is 7.67. The van der Waals surface area contributed by atoms with Crippen molar-refractivity contribution in [3.05, 3.63) is 48.0 Å². The molecule has 0 aliphatic carbocycles. The summed E-state index contributed by atoms with van der Waals surface area (Å²) in [4.78, 5) is 10.4. The van der Waals surface area contributed by atoms with Crippen LogP contribution < -0.4 is 5.73 Å². The molecule has 3 rings (SSSR count). The Balaban J connectivity index is 2.00. The van der Waals surface area contributed by atoms with E-state index in [-0.39, 0.29) is 16.5 Å². The van der Waals surface area contributed by atoms with Gasteiger partial charge in [-0.15, -0.1) is 0 Å². The molecule has 0 radical (unpaired) electrons.